The molecule has 1 atom stereocenters. The summed E-state index contributed by atoms with van der Waals surface area (Å²) < 4.78 is 37.5. The third-order valence-corrected chi connectivity index (χ3v) is 2.37. The first-order chi connectivity index (χ1) is 7.38. The maximum atomic E-state index is 12.5. The zero-order valence-electron chi connectivity index (χ0n) is 8.61. The zero-order chi connectivity index (χ0) is 12.3. The fraction of sp³-hybridized carbons (Fsp3) is 0.273. The Morgan fingerprint density at radius 3 is 2.44 bits per heavy atom. The van der Waals surface area contributed by atoms with Crippen molar-refractivity contribution >= 4 is 11.6 Å². The molecule has 1 aromatic rings. The highest BCUT2D eigenvalue weighted by atomic mass is 35.5. The van der Waals surface area contributed by atoms with Crippen LogP contribution in [0.25, 0.3) is 0 Å². The van der Waals surface area contributed by atoms with Gasteiger partial charge < -0.3 is 5.32 Å². The maximum absolute atomic E-state index is 12.5. The molecule has 1 rings (SSSR count). The van der Waals surface area contributed by atoms with Crippen molar-refractivity contribution in [2.45, 2.75) is 12.2 Å². The van der Waals surface area contributed by atoms with Crippen molar-refractivity contribution in [2.75, 3.05) is 7.05 Å². The predicted octanol–water partition coefficient (Wildman–Crippen LogP) is 3.81. The Morgan fingerprint density at radius 1 is 1.38 bits per heavy atom. The number of hydrogen-bond donors (Lipinski definition) is 1. The molecule has 1 unspecified atom stereocenters. The van der Waals surface area contributed by atoms with E-state index in [4.69, 9.17) is 11.6 Å². The first-order valence-corrected chi connectivity index (χ1v) is 4.93. The molecule has 0 aliphatic carbocycles. The van der Waals surface area contributed by atoms with Crippen molar-refractivity contribution in [1.29, 1.82) is 0 Å². The van der Waals surface area contributed by atoms with Crippen LogP contribution in [0.1, 0.15) is 17.2 Å². The van der Waals surface area contributed by atoms with E-state index in [2.05, 4.69) is 11.9 Å². The Bertz CT molecular complexity index is 387. The number of likely N-dealkylation sites (N-methyl/N-ethyl adjacent to an activating group) is 1. The van der Waals surface area contributed by atoms with E-state index in [0.717, 1.165) is 12.1 Å². The van der Waals surface area contributed by atoms with Crippen LogP contribution in [-0.2, 0) is 6.18 Å². The lowest BCUT2D eigenvalue weighted by molar-refractivity contribution is -0.137. The highest BCUT2D eigenvalue weighted by Gasteiger charge is 2.31. The maximum Gasteiger partial charge on any atom is 0.416 e. The van der Waals surface area contributed by atoms with Crippen molar-refractivity contribution in [2.24, 2.45) is 0 Å². The van der Waals surface area contributed by atoms with Crippen molar-refractivity contribution in [1.82, 2.24) is 5.32 Å². The lowest BCUT2D eigenvalue weighted by Crippen LogP contribution is -2.15. The summed E-state index contributed by atoms with van der Waals surface area (Å²) in [7, 11) is 1.64. The van der Waals surface area contributed by atoms with E-state index in [-0.39, 0.29) is 11.1 Å². The summed E-state index contributed by atoms with van der Waals surface area (Å²) in [6.07, 6.45) is -2.87. The normalized spacial score (nSPS) is 13.6. The minimum atomic E-state index is -4.39. The molecule has 0 radical (unpaired) electrons. The van der Waals surface area contributed by atoms with Gasteiger partial charge in [-0.15, -0.1) is 6.58 Å². The van der Waals surface area contributed by atoms with Crippen LogP contribution in [0.15, 0.2) is 30.9 Å². The van der Waals surface area contributed by atoms with E-state index in [1.807, 2.05) is 0 Å². The molecule has 0 bridgehead atoms. The van der Waals surface area contributed by atoms with Crippen LogP contribution >= 0.6 is 11.6 Å². The fourth-order valence-corrected chi connectivity index (χ4v) is 1.62. The van der Waals surface area contributed by atoms with Crippen LogP contribution in [0.2, 0.25) is 5.02 Å². The second-order valence-electron chi connectivity index (χ2n) is 3.27. The molecule has 0 saturated carbocycles. The molecule has 0 amide bonds. The van der Waals surface area contributed by atoms with E-state index >= 15 is 0 Å². The van der Waals surface area contributed by atoms with Crippen LogP contribution in [0.5, 0.6) is 0 Å². The van der Waals surface area contributed by atoms with Gasteiger partial charge in [-0.2, -0.15) is 13.2 Å². The third-order valence-electron chi connectivity index (χ3n) is 2.15. The van der Waals surface area contributed by atoms with Gasteiger partial charge in [0.2, 0.25) is 0 Å². The highest BCUT2D eigenvalue weighted by Crippen LogP contribution is 2.33. The van der Waals surface area contributed by atoms with Crippen LogP contribution in [0, 0.1) is 0 Å². The van der Waals surface area contributed by atoms with Crippen LogP contribution in [-0.4, -0.2) is 7.05 Å². The van der Waals surface area contributed by atoms with Gasteiger partial charge in [-0.3, -0.25) is 0 Å². The minimum Gasteiger partial charge on any atom is -0.310 e. The summed E-state index contributed by atoms with van der Waals surface area (Å²) in [6, 6.07) is 3.11. The van der Waals surface area contributed by atoms with Gasteiger partial charge in [-0.1, -0.05) is 17.7 Å². The van der Waals surface area contributed by atoms with Gasteiger partial charge in [0, 0.05) is 5.02 Å². The van der Waals surface area contributed by atoms with Crippen LogP contribution in [0.4, 0.5) is 13.2 Å². The molecule has 0 saturated heterocycles. The second-order valence-corrected chi connectivity index (χ2v) is 3.71. The monoisotopic (exact) mass is 249 g/mol. The Kier molecular flexibility index (Phi) is 3.99. The summed E-state index contributed by atoms with van der Waals surface area (Å²) in [5.41, 5.74) is -0.311. The molecule has 0 spiro atoms. The van der Waals surface area contributed by atoms with E-state index in [1.54, 1.807) is 7.05 Å². The quantitative estimate of drug-likeness (QED) is 0.804. The average molecular weight is 250 g/mol. The summed E-state index contributed by atoms with van der Waals surface area (Å²) in [4.78, 5) is 0. The van der Waals surface area contributed by atoms with Gasteiger partial charge in [-0.05, 0) is 30.8 Å². The number of alkyl halides is 3. The summed E-state index contributed by atoms with van der Waals surface area (Å²) in [6.45, 7) is 3.54. The van der Waals surface area contributed by atoms with Crippen LogP contribution < -0.4 is 5.32 Å². The van der Waals surface area contributed by atoms with Gasteiger partial charge in [0.1, 0.15) is 0 Å². The predicted molar refractivity (Wildman–Crippen MR) is 58.5 cm³/mol. The third kappa shape index (κ3) is 3.00. The van der Waals surface area contributed by atoms with Crippen molar-refractivity contribution in [3.63, 3.8) is 0 Å². The first-order valence-electron chi connectivity index (χ1n) is 4.56. The molecular weight excluding hydrogens is 239 g/mol. The number of benzene rings is 1. The topological polar surface area (TPSA) is 12.0 Å². The molecular formula is C11H11ClF3N. The Labute approximate surface area is 96.9 Å². The molecule has 16 heavy (non-hydrogen) atoms. The van der Waals surface area contributed by atoms with E-state index in [9.17, 15) is 13.2 Å². The van der Waals surface area contributed by atoms with Crippen molar-refractivity contribution in [3.8, 4) is 0 Å². The molecule has 0 aromatic heterocycles. The molecule has 1 N–H and O–H groups in total. The molecule has 0 aliphatic rings. The standard InChI is InChI=1S/C11H11ClF3N/c1-3-10(16-2)7-4-8(11(13,14)15)6-9(12)5-7/h3-6,10,16H,1H2,2H3. The number of rotatable bonds is 3. The lowest BCUT2D eigenvalue weighted by atomic mass is 10.0. The molecule has 5 heteroatoms. The largest absolute Gasteiger partial charge is 0.416 e. The zero-order valence-corrected chi connectivity index (χ0v) is 9.36. The minimum absolute atomic E-state index is 0.0620. The van der Waals surface area contributed by atoms with Gasteiger partial charge in [0.05, 0.1) is 11.6 Å². The Balaban J connectivity index is 3.22. The SMILES string of the molecule is C=CC(NC)c1cc(Cl)cc(C(F)(F)F)c1. The van der Waals surface area contributed by atoms with E-state index in [0.29, 0.717) is 5.56 Å². The molecule has 0 fully saturated rings. The fourth-order valence-electron chi connectivity index (χ4n) is 1.38. The highest BCUT2D eigenvalue weighted by molar-refractivity contribution is 6.30. The Hall–Kier alpha value is -1.00. The summed E-state index contributed by atoms with van der Waals surface area (Å²) in [5.74, 6) is 0. The number of halogens is 4. The van der Waals surface area contributed by atoms with Crippen molar-refractivity contribution in [3.05, 3.63) is 47.0 Å². The summed E-state index contributed by atoms with van der Waals surface area (Å²) >= 11 is 5.65. The number of hydrogen-bond acceptors (Lipinski definition) is 1. The van der Waals surface area contributed by atoms with Crippen LogP contribution in [0.3, 0.4) is 0 Å². The number of nitrogens with one attached hydrogen (secondary N) is 1. The molecule has 1 nitrogen and oxygen atoms in total. The molecule has 1 aromatic carbocycles. The van der Waals surface area contributed by atoms with Gasteiger partial charge in [0.15, 0.2) is 0 Å². The molecule has 88 valence electrons. The lowest BCUT2D eigenvalue weighted by Gasteiger charge is -2.15. The first kappa shape index (κ1) is 13.1. The summed E-state index contributed by atoms with van der Waals surface area (Å²) in [5, 5.41) is 2.89. The molecule has 0 heterocycles. The second kappa shape index (κ2) is 4.89. The van der Waals surface area contributed by atoms with Gasteiger partial charge in [0.25, 0.3) is 0 Å². The Morgan fingerprint density at radius 2 is 2.00 bits per heavy atom. The van der Waals surface area contributed by atoms with E-state index < -0.39 is 11.7 Å². The average Bonchev–Trinajstić information content (AvgIpc) is 2.17. The van der Waals surface area contributed by atoms with E-state index in [1.165, 1.54) is 12.1 Å². The van der Waals surface area contributed by atoms with Gasteiger partial charge in [-0.25, -0.2) is 0 Å². The van der Waals surface area contributed by atoms with Gasteiger partial charge >= 0.3 is 6.18 Å². The smallest absolute Gasteiger partial charge is 0.310 e. The van der Waals surface area contributed by atoms with Crippen molar-refractivity contribution < 1.29 is 13.2 Å². The molecule has 0 aliphatic heterocycles.